The molecule has 4 nitrogen and oxygen atoms in total. The number of nitrogens with zero attached hydrogens (tertiary/aromatic N) is 3. The van der Waals surface area contributed by atoms with Crippen molar-refractivity contribution in [1.82, 2.24) is 14.5 Å². The zero-order valence-corrected chi connectivity index (χ0v) is 10.7. The minimum Gasteiger partial charge on any atom is -0.396 e. The third kappa shape index (κ3) is 3.07. The van der Waals surface area contributed by atoms with Gasteiger partial charge in [0.2, 0.25) is 0 Å². The number of piperidine rings is 1. The van der Waals surface area contributed by atoms with Gasteiger partial charge >= 0.3 is 0 Å². The number of aromatic nitrogens is 2. The van der Waals surface area contributed by atoms with Crippen molar-refractivity contribution < 1.29 is 5.11 Å². The molecule has 1 fully saturated rings. The SMILES string of the molecule is CCn1cncc1CN1CCCCC1CCO. The Morgan fingerprint density at radius 1 is 1.47 bits per heavy atom. The smallest absolute Gasteiger partial charge is 0.0948 e. The molecule has 0 bridgehead atoms. The van der Waals surface area contributed by atoms with Crippen molar-refractivity contribution in [3.63, 3.8) is 0 Å². The maximum absolute atomic E-state index is 9.12. The lowest BCUT2D eigenvalue weighted by atomic mass is 9.99. The second kappa shape index (κ2) is 6.17. The zero-order chi connectivity index (χ0) is 12.1. The maximum Gasteiger partial charge on any atom is 0.0948 e. The average Bonchev–Trinajstić information content (AvgIpc) is 2.79. The number of hydrogen-bond acceptors (Lipinski definition) is 3. The number of rotatable bonds is 5. The summed E-state index contributed by atoms with van der Waals surface area (Å²) in [5.74, 6) is 0. The second-order valence-electron chi connectivity index (χ2n) is 4.80. The van der Waals surface area contributed by atoms with Crippen LogP contribution in [0.5, 0.6) is 0 Å². The third-order valence-electron chi connectivity index (χ3n) is 3.72. The zero-order valence-electron chi connectivity index (χ0n) is 10.7. The van der Waals surface area contributed by atoms with E-state index in [9.17, 15) is 0 Å². The molecule has 2 rings (SSSR count). The van der Waals surface area contributed by atoms with Gasteiger partial charge in [0.1, 0.15) is 0 Å². The van der Waals surface area contributed by atoms with E-state index >= 15 is 0 Å². The molecular weight excluding hydrogens is 214 g/mol. The standard InChI is InChI=1S/C13H23N3O/c1-2-15-11-14-9-13(15)10-16-7-4-3-5-12(16)6-8-17/h9,11-12,17H,2-8,10H2,1H3. The van der Waals surface area contributed by atoms with Gasteiger partial charge in [-0.3, -0.25) is 4.90 Å². The molecule has 1 aromatic rings. The third-order valence-corrected chi connectivity index (χ3v) is 3.72. The quantitative estimate of drug-likeness (QED) is 0.846. The van der Waals surface area contributed by atoms with Gasteiger partial charge in [-0.1, -0.05) is 6.42 Å². The normalized spacial score (nSPS) is 21.9. The van der Waals surface area contributed by atoms with Crippen molar-refractivity contribution in [3.05, 3.63) is 18.2 Å². The van der Waals surface area contributed by atoms with Crippen LogP contribution in [-0.4, -0.2) is 38.8 Å². The Morgan fingerprint density at radius 2 is 2.35 bits per heavy atom. The highest BCUT2D eigenvalue weighted by Gasteiger charge is 2.22. The summed E-state index contributed by atoms with van der Waals surface area (Å²) in [4.78, 5) is 6.72. The van der Waals surface area contributed by atoms with Crippen LogP contribution in [0.15, 0.2) is 12.5 Å². The summed E-state index contributed by atoms with van der Waals surface area (Å²) in [6, 6.07) is 0.550. The molecule has 1 atom stereocenters. The van der Waals surface area contributed by atoms with E-state index in [4.69, 9.17) is 5.11 Å². The molecule has 1 N–H and O–H groups in total. The first-order valence-electron chi connectivity index (χ1n) is 6.69. The Balaban J connectivity index is 2.00. The predicted octanol–water partition coefficient (Wildman–Crippen LogP) is 1.64. The van der Waals surface area contributed by atoms with Gasteiger partial charge in [0, 0.05) is 31.9 Å². The van der Waals surface area contributed by atoms with Crippen LogP contribution >= 0.6 is 0 Å². The Labute approximate surface area is 103 Å². The highest BCUT2D eigenvalue weighted by Crippen LogP contribution is 2.21. The van der Waals surface area contributed by atoms with Crippen molar-refractivity contribution in [2.24, 2.45) is 0 Å². The number of likely N-dealkylation sites (tertiary alicyclic amines) is 1. The van der Waals surface area contributed by atoms with E-state index in [-0.39, 0.29) is 0 Å². The first kappa shape index (κ1) is 12.6. The second-order valence-corrected chi connectivity index (χ2v) is 4.80. The van der Waals surface area contributed by atoms with Gasteiger partial charge in [0.25, 0.3) is 0 Å². The Morgan fingerprint density at radius 3 is 3.12 bits per heavy atom. The molecule has 1 aliphatic heterocycles. The number of aryl methyl sites for hydroxylation is 1. The molecule has 0 aromatic carbocycles. The largest absolute Gasteiger partial charge is 0.396 e. The summed E-state index contributed by atoms with van der Waals surface area (Å²) in [6.07, 6.45) is 8.58. The van der Waals surface area contributed by atoms with Crippen LogP contribution in [0.2, 0.25) is 0 Å². The number of hydrogen-bond donors (Lipinski definition) is 1. The Bertz CT molecular complexity index is 335. The van der Waals surface area contributed by atoms with Crippen molar-refractivity contribution in [2.45, 2.75) is 51.7 Å². The highest BCUT2D eigenvalue weighted by atomic mass is 16.3. The fourth-order valence-corrected chi connectivity index (χ4v) is 2.72. The molecule has 96 valence electrons. The molecule has 2 heterocycles. The molecule has 0 amide bonds. The average molecular weight is 237 g/mol. The maximum atomic E-state index is 9.12. The van der Waals surface area contributed by atoms with Crippen LogP contribution in [0, 0.1) is 0 Å². The van der Waals surface area contributed by atoms with E-state index in [0.717, 1.165) is 26.1 Å². The monoisotopic (exact) mass is 237 g/mol. The summed E-state index contributed by atoms with van der Waals surface area (Å²) in [5, 5.41) is 9.12. The first-order chi connectivity index (χ1) is 8.35. The van der Waals surface area contributed by atoms with Gasteiger partial charge in [-0.2, -0.15) is 0 Å². The van der Waals surface area contributed by atoms with E-state index in [1.165, 1.54) is 25.0 Å². The summed E-state index contributed by atoms with van der Waals surface area (Å²) < 4.78 is 2.20. The molecule has 0 radical (unpaired) electrons. The lowest BCUT2D eigenvalue weighted by Gasteiger charge is -2.35. The van der Waals surface area contributed by atoms with E-state index in [0.29, 0.717) is 12.6 Å². The van der Waals surface area contributed by atoms with Crippen LogP contribution < -0.4 is 0 Å². The number of aliphatic hydroxyl groups is 1. The van der Waals surface area contributed by atoms with Gasteiger partial charge in [0.15, 0.2) is 0 Å². The fourth-order valence-electron chi connectivity index (χ4n) is 2.72. The topological polar surface area (TPSA) is 41.3 Å². The first-order valence-corrected chi connectivity index (χ1v) is 6.69. The fraction of sp³-hybridized carbons (Fsp3) is 0.769. The van der Waals surface area contributed by atoms with Crippen molar-refractivity contribution in [2.75, 3.05) is 13.2 Å². The molecule has 4 heteroatoms. The summed E-state index contributed by atoms with van der Waals surface area (Å²) >= 11 is 0. The summed E-state index contributed by atoms with van der Waals surface area (Å²) in [6.45, 7) is 5.55. The Kier molecular flexibility index (Phi) is 4.57. The number of aliphatic hydroxyl groups excluding tert-OH is 1. The van der Waals surface area contributed by atoms with E-state index in [1.807, 2.05) is 12.5 Å². The molecule has 1 saturated heterocycles. The summed E-state index contributed by atoms with van der Waals surface area (Å²) in [7, 11) is 0. The van der Waals surface area contributed by atoms with Gasteiger partial charge in [-0.15, -0.1) is 0 Å². The van der Waals surface area contributed by atoms with Gasteiger partial charge in [-0.25, -0.2) is 4.98 Å². The minimum atomic E-state index is 0.300. The van der Waals surface area contributed by atoms with Crippen molar-refractivity contribution >= 4 is 0 Å². The highest BCUT2D eigenvalue weighted by molar-refractivity contribution is 4.99. The summed E-state index contributed by atoms with van der Waals surface area (Å²) in [5.41, 5.74) is 1.29. The minimum absolute atomic E-state index is 0.300. The van der Waals surface area contributed by atoms with Gasteiger partial charge in [0.05, 0.1) is 12.0 Å². The van der Waals surface area contributed by atoms with Crippen LogP contribution in [0.3, 0.4) is 0 Å². The lowest BCUT2D eigenvalue weighted by Crippen LogP contribution is -2.39. The van der Waals surface area contributed by atoms with Gasteiger partial charge in [-0.05, 0) is 32.7 Å². The number of imidazole rings is 1. The molecule has 1 aromatic heterocycles. The van der Waals surface area contributed by atoms with E-state index < -0.39 is 0 Å². The van der Waals surface area contributed by atoms with Gasteiger partial charge < -0.3 is 9.67 Å². The van der Waals surface area contributed by atoms with Crippen molar-refractivity contribution in [1.29, 1.82) is 0 Å². The van der Waals surface area contributed by atoms with Crippen LogP contribution in [0.1, 0.15) is 38.3 Å². The van der Waals surface area contributed by atoms with Crippen molar-refractivity contribution in [3.8, 4) is 0 Å². The lowest BCUT2D eigenvalue weighted by molar-refractivity contribution is 0.110. The Hall–Kier alpha value is -0.870. The van der Waals surface area contributed by atoms with Crippen LogP contribution in [0.25, 0.3) is 0 Å². The van der Waals surface area contributed by atoms with E-state index in [1.54, 1.807) is 0 Å². The predicted molar refractivity (Wildman–Crippen MR) is 67.7 cm³/mol. The molecule has 0 aliphatic carbocycles. The molecular formula is C13H23N3O. The molecule has 17 heavy (non-hydrogen) atoms. The van der Waals surface area contributed by atoms with Crippen LogP contribution in [0.4, 0.5) is 0 Å². The molecule has 1 unspecified atom stereocenters. The molecule has 0 saturated carbocycles. The molecule has 0 spiro atoms. The van der Waals surface area contributed by atoms with E-state index in [2.05, 4.69) is 21.4 Å². The molecule has 1 aliphatic rings. The van der Waals surface area contributed by atoms with Crippen LogP contribution in [-0.2, 0) is 13.1 Å².